The lowest BCUT2D eigenvalue weighted by molar-refractivity contribution is -0.133. The summed E-state index contributed by atoms with van der Waals surface area (Å²) in [6, 6.07) is 8.60. The zero-order valence-electron chi connectivity index (χ0n) is 8.84. The molecule has 1 N–H and O–H groups in total. The maximum absolute atomic E-state index is 14.0. The van der Waals surface area contributed by atoms with E-state index in [2.05, 4.69) is 0 Å². The number of amides is 1. The van der Waals surface area contributed by atoms with Gasteiger partial charge in [-0.25, -0.2) is 4.39 Å². The van der Waals surface area contributed by atoms with Crippen LogP contribution in [0.25, 0.3) is 0 Å². The zero-order valence-corrected chi connectivity index (χ0v) is 8.84. The highest BCUT2D eigenvalue weighted by Crippen LogP contribution is 2.29. The Morgan fingerprint density at radius 3 is 2.69 bits per heavy atom. The van der Waals surface area contributed by atoms with Gasteiger partial charge in [-0.15, -0.1) is 0 Å². The smallest absolute Gasteiger partial charge is 0.225 e. The fraction of sp³-hybridized carbons (Fsp3) is 0.417. The number of carbonyl (C=O) groups is 1. The van der Waals surface area contributed by atoms with Crippen molar-refractivity contribution in [2.75, 3.05) is 13.2 Å². The second-order valence-corrected chi connectivity index (χ2v) is 4.05. The Balaban J connectivity index is 2.11. The van der Waals surface area contributed by atoms with E-state index in [1.165, 1.54) is 4.90 Å². The standard InChI is InChI=1S/C12H14FNO2/c13-12(10-4-2-1-3-5-10)14-7-9(8-15)6-11(14)16/h1-5,9,12,15H,6-8H2. The Morgan fingerprint density at radius 2 is 2.12 bits per heavy atom. The van der Waals surface area contributed by atoms with Crippen molar-refractivity contribution >= 4 is 5.91 Å². The number of hydrogen-bond acceptors (Lipinski definition) is 2. The van der Waals surface area contributed by atoms with Crippen LogP contribution in [0.2, 0.25) is 0 Å². The summed E-state index contributed by atoms with van der Waals surface area (Å²) in [5.74, 6) is -0.357. The van der Waals surface area contributed by atoms with Gasteiger partial charge in [-0.3, -0.25) is 4.79 Å². The molecule has 0 aromatic heterocycles. The topological polar surface area (TPSA) is 40.5 Å². The summed E-state index contributed by atoms with van der Waals surface area (Å²) in [7, 11) is 0. The number of hydrogen-bond donors (Lipinski definition) is 1. The molecule has 1 aromatic rings. The molecule has 86 valence electrons. The summed E-state index contributed by atoms with van der Waals surface area (Å²) in [6.45, 7) is 0.231. The van der Waals surface area contributed by atoms with E-state index in [9.17, 15) is 9.18 Å². The second kappa shape index (κ2) is 4.61. The van der Waals surface area contributed by atoms with E-state index in [-0.39, 0.29) is 24.9 Å². The molecule has 0 saturated carbocycles. The van der Waals surface area contributed by atoms with E-state index in [4.69, 9.17) is 5.11 Å². The maximum Gasteiger partial charge on any atom is 0.225 e. The van der Waals surface area contributed by atoms with Gasteiger partial charge in [0.05, 0.1) is 0 Å². The Morgan fingerprint density at radius 1 is 1.44 bits per heavy atom. The fourth-order valence-corrected chi connectivity index (χ4v) is 1.94. The summed E-state index contributed by atoms with van der Waals surface area (Å²) in [6.07, 6.45) is -1.16. The van der Waals surface area contributed by atoms with Crippen molar-refractivity contribution in [1.82, 2.24) is 4.90 Å². The Hall–Kier alpha value is -1.42. The molecule has 1 aliphatic rings. The Kier molecular flexibility index (Phi) is 3.19. The first-order valence-corrected chi connectivity index (χ1v) is 5.31. The largest absolute Gasteiger partial charge is 0.396 e. The minimum Gasteiger partial charge on any atom is -0.396 e. The van der Waals surface area contributed by atoms with Gasteiger partial charge in [0.15, 0.2) is 0 Å². The Bertz CT molecular complexity index is 369. The van der Waals surface area contributed by atoms with Gasteiger partial charge >= 0.3 is 0 Å². The predicted octanol–water partition coefficient (Wildman–Crippen LogP) is 1.50. The minimum absolute atomic E-state index is 0.0657. The van der Waals surface area contributed by atoms with Gasteiger partial charge in [0.2, 0.25) is 12.2 Å². The molecule has 0 bridgehead atoms. The van der Waals surface area contributed by atoms with Crippen LogP contribution in [0.1, 0.15) is 18.3 Å². The van der Waals surface area contributed by atoms with Crippen LogP contribution in [-0.4, -0.2) is 29.1 Å². The van der Waals surface area contributed by atoms with Crippen LogP contribution in [-0.2, 0) is 4.79 Å². The molecule has 1 aliphatic heterocycles. The average molecular weight is 223 g/mol. The third-order valence-corrected chi connectivity index (χ3v) is 2.85. The van der Waals surface area contributed by atoms with Crippen molar-refractivity contribution in [3.8, 4) is 0 Å². The lowest BCUT2D eigenvalue weighted by Crippen LogP contribution is -2.28. The predicted molar refractivity (Wildman–Crippen MR) is 57.2 cm³/mol. The lowest BCUT2D eigenvalue weighted by Gasteiger charge is -2.21. The fourth-order valence-electron chi connectivity index (χ4n) is 1.94. The van der Waals surface area contributed by atoms with Crippen LogP contribution < -0.4 is 0 Å². The van der Waals surface area contributed by atoms with Crippen molar-refractivity contribution in [2.24, 2.45) is 5.92 Å². The minimum atomic E-state index is -1.40. The first-order chi connectivity index (χ1) is 7.72. The van der Waals surface area contributed by atoms with Crippen molar-refractivity contribution in [3.05, 3.63) is 35.9 Å². The summed E-state index contributed by atoms with van der Waals surface area (Å²) >= 11 is 0. The van der Waals surface area contributed by atoms with Gasteiger partial charge in [-0.1, -0.05) is 30.3 Å². The number of halogens is 1. The van der Waals surface area contributed by atoms with E-state index >= 15 is 0 Å². The molecule has 1 aromatic carbocycles. The van der Waals surface area contributed by atoms with Gasteiger partial charge in [-0.2, -0.15) is 0 Å². The summed E-state index contributed by atoms with van der Waals surface area (Å²) in [5.41, 5.74) is 0.481. The van der Waals surface area contributed by atoms with Gasteiger partial charge in [0.25, 0.3) is 0 Å². The number of benzene rings is 1. The molecule has 2 atom stereocenters. The summed E-state index contributed by atoms with van der Waals surface area (Å²) in [4.78, 5) is 12.7. The number of nitrogens with zero attached hydrogens (tertiary/aromatic N) is 1. The van der Waals surface area contributed by atoms with Crippen LogP contribution in [0.15, 0.2) is 30.3 Å². The second-order valence-electron chi connectivity index (χ2n) is 4.05. The van der Waals surface area contributed by atoms with Crippen molar-refractivity contribution in [1.29, 1.82) is 0 Å². The molecular formula is C12H14FNO2. The maximum atomic E-state index is 14.0. The molecule has 2 rings (SSSR count). The molecule has 1 amide bonds. The number of alkyl halides is 1. The normalized spacial score (nSPS) is 22.5. The SMILES string of the molecule is O=C1CC(CO)CN1C(F)c1ccccc1. The van der Waals surface area contributed by atoms with Gasteiger partial charge in [0.1, 0.15) is 0 Å². The molecule has 1 saturated heterocycles. The van der Waals surface area contributed by atoms with Crippen LogP contribution in [0.3, 0.4) is 0 Å². The molecule has 4 heteroatoms. The van der Waals surface area contributed by atoms with Crippen LogP contribution >= 0.6 is 0 Å². The lowest BCUT2D eigenvalue weighted by atomic mass is 10.1. The first kappa shape index (κ1) is 11.1. The molecule has 2 unspecified atom stereocenters. The average Bonchev–Trinajstić information content (AvgIpc) is 2.71. The third-order valence-electron chi connectivity index (χ3n) is 2.85. The molecule has 0 aliphatic carbocycles. The highest BCUT2D eigenvalue weighted by atomic mass is 19.1. The molecule has 0 radical (unpaired) electrons. The number of aliphatic hydroxyl groups is 1. The first-order valence-electron chi connectivity index (χ1n) is 5.31. The highest BCUT2D eigenvalue weighted by Gasteiger charge is 2.34. The van der Waals surface area contributed by atoms with Gasteiger partial charge in [-0.05, 0) is 0 Å². The van der Waals surface area contributed by atoms with Crippen LogP contribution in [0.5, 0.6) is 0 Å². The van der Waals surface area contributed by atoms with Crippen molar-refractivity contribution < 1.29 is 14.3 Å². The molecular weight excluding hydrogens is 209 g/mol. The third kappa shape index (κ3) is 2.07. The molecule has 16 heavy (non-hydrogen) atoms. The Labute approximate surface area is 93.5 Å². The summed E-state index contributed by atoms with van der Waals surface area (Å²) in [5, 5.41) is 8.95. The number of aliphatic hydroxyl groups excluding tert-OH is 1. The van der Waals surface area contributed by atoms with E-state index in [1.807, 2.05) is 0 Å². The molecule has 1 fully saturated rings. The van der Waals surface area contributed by atoms with E-state index in [0.29, 0.717) is 12.1 Å². The molecule has 0 spiro atoms. The van der Waals surface area contributed by atoms with Gasteiger partial charge < -0.3 is 10.0 Å². The number of likely N-dealkylation sites (tertiary alicyclic amines) is 1. The van der Waals surface area contributed by atoms with Crippen LogP contribution in [0.4, 0.5) is 4.39 Å². The monoisotopic (exact) mass is 223 g/mol. The van der Waals surface area contributed by atoms with Gasteiger partial charge in [0, 0.05) is 31.1 Å². The van der Waals surface area contributed by atoms with Crippen molar-refractivity contribution in [2.45, 2.75) is 12.7 Å². The zero-order chi connectivity index (χ0) is 11.5. The van der Waals surface area contributed by atoms with E-state index < -0.39 is 6.30 Å². The van der Waals surface area contributed by atoms with E-state index in [0.717, 1.165) is 0 Å². The number of rotatable bonds is 3. The van der Waals surface area contributed by atoms with E-state index in [1.54, 1.807) is 30.3 Å². The summed E-state index contributed by atoms with van der Waals surface area (Å²) < 4.78 is 14.0. The highest BCUT2D eigenvalue weighted by molar-refractivity contribution is 5.79. The molecule has 1 heterocycles. The quantitative estimate of drug-likeness (QED) is 0.789. The number of carbonyl (C=O) groups excluding carboxylic acids is 1. The van der Waals surface area contributed by atoms with Crippen molar-refractivity contribution in [3.63, 3.8) is 0 Å². The molecule has 3 nitrogen and oxygen atoms in total. The van der Waals surface area contributed by atoms with Crippen LogP contribution in [0, 0.1) is 5.92 Å².